The molecule has 2 heterocycles. The lowest BCUT2D eigenvalue weighted by molar-refractivity contribution is 0.0985. The Kier molecular flexibility index (Phi) is 4.51. The quantitative estimate of drug-likeness (QED) is 0.798. The first-order valence-corrected chi connectivity index (χ1v) is 6.79. The van der Waals surface area contributed by atoms with Gasteiger partial charge in [-0.3, -0.25) is 14.2 Å². The van der Waals surface area contributed by atoms with Gasteiger partial charge in [0, 0.05) is 13.1 Å². The summed E-state index contributed by atoms with van der Waals surface area (Å²) in [5, 5.41) is 12.5. The molecule has 0 aliphatic carbocycles. The predicted molar refractivity (Wildman–Crippen MR) is 74.8 cm³/mol. The summed E-state index contributed by atoms with van der Waals surface area (Å²) in [6.07, 6.45) is 1.76. The number of carbonyl (C=O) groups excluding carboxylic acids is 1. The molecule has 0 saturated heterocycles. The van der Waals surface area contributed by atoms with Crippen LogP contribution in [0.25, 0.3) is 0 Å². The lowest BCUT2D eigenvalue weighted by Gasteiger charge is -2.03. The maximum Gasteiger partial charge on any atom is 0.190 e. The second-order valence-electron chi connectivity index (χ2n) is 4.42. The van der Waals surface area contributed by atoms with Gasteiger partial charge in [-0.25, -0.2) is 0 Å². The standard InChI is InChI=1S/C12H17ClN6O/c1-3-19-10(12(13)8(2)16-19)6-11(20)9-7-18(5-4-14)17-15-9/h7H,3-6,14H2,1-2H3. The zero-order chi connectivity index (χ0) is 14.7. The van der Waals surface area contributed by atoms with Crippen LogP contribution in [-0.2, 0) is 19.5 Å². The molecule has 0 aliphatic heterocycles. The Balaban J connectivity index is 2.18. The first-order valence-electron chi connectivity index (χ1n) is 6.42. The third-order valence-electron chi connectivity index (χ3n) is 2.96. The van der Waals surface area contributed by atoms with E-state index < -0.39 is 0 Å². The largest absolute Gasteiger partial charge is 0.329 e. The molecule has 0 amide bonds. The zero-order valence-electron chi connectivity index (χ0n) is 11.5. The van der Waals surface area contributed by atoms with Crippen LogP contribution in [0, 0.1) is 6.92 Å². The van der Waals surface area contributed by atoms with Crippen molar-refractivity contribution in [3.05, 3.63) is 28.3 Å². The summed E-state index contributed by atoms with van der Waals surface area (Å²) in [4.78, 5) is 12.2. The third kappa shape index (κ3) is 2.88. The van der Waals surface area contributed by atoms with E-state index in [1.165, 1.54) is 0 Å². The molecule has 0 radical (unpaired) electrons. The number of hydrogen-bond acceptors (Lipinski definition) is 5. The van der Waals surface area contributed by atoms with Crippen LogP contribution in [0.15, 0.2) is 6.20 Å². The van der Waals surface area contributed by atoms with Crippen LogP contribution in [0.5, 0.6) is 0 Å². The van der Waals surface area contributed by atoms with E-state index in [2.05, 4.69) is 15.4 Å². The average molecular weight is 297 g/mol. The summed E-state index contributed by atoms with van der Waals surface area (Å²) < 4.78 is 3.29. The molecule has 0 atom stereocenters. The first-order chi connectivity index (χ1) is 9.56. The van der Waals surface area contributed by atoms with Crippen molar-refractivity contribution >= 4 is 17.4 Å². The Hall–Kier alpha value is -1.73. The third-order valence-corrected chi connectivity index (χ3v) is 3.46. The SMILES string of the molecule is CCn1nc(C)c(Cl)c1CC(=O)c1cn(CCN)nn1. The molecule has 2 rings (SSSR count). The lowest BCUT2D eigenvalue weighted by Crippen LogP contribution is -2.11. The fourth-order valence-corrected chi connectivity index (χ4v) is 2.15. The number of Topliss-reactive ketones (excluding diaryl/α,β-unsaturated/α-hetero) is 1. The van der Waals surface area contributed by atoms with Crippen molar-refractivity contribution in [2.24, 2.45) is 5.73 Å². The number of rotatable bonds is 6. The van der Waals surface area contributed by atoms with Crippen LogP contribution in [0.3, 0.4) is 0 Å². The fraction of sp³-hybridized carbons (Fsp3) is 0.500. The van der Waals surface area contributed by atoms with E-state index in [9.17, 15) is 4.79 Å². The van der Waals surface area contributed by atoms with E-state index in [4.69, 9.17) is 17.3 Å². The molecule has 0 unspecified atom stereocenters. The molecular formula is C12H17ClN6O. The fourth-order valence-electron chi connectivity index (χ4n) is 1.95. The summed E-state index contributed by atoms with van der Waals surface area (Å²) in [6.45, 7) is 5.42. The minimum Gasteiger partial charge on any atom is -0.329 e. The molecule has 2 aromatic heterocycles. The molecule has 0 aromatic carbocycles. The zero-order valence-corrected chi connectivity index (χ0v) is 12.3. The lowest BCUT2D eigenvalue weighted by atomic mass is 10.1. The molecule has 0 bridgehead atoms. The molecule has 0 spiro atoms. The number of carbonyl (C=O) groups is 1. The summed E-state index contributed by atoms with van der Waals surface area (Å²) in [5.41, 5.74) is 7.18. The molecule has 0 fully saturated rings. The van der Waals surface area contributed by atoms with E-state index >= 15 is 0 Å². The molecule has 2 aromatic rings. The van der Waals surface area contributed by atoms with E-state index in [0.717, 1.165) is 5.69 Å². The molecule has 108 valence electrons. The summed E-state index contributed by atoms with van der Waals surface area (Å²) >= 11 is 6.19. The summed E-state index contributed by atoms with van der Waals surface area (Å²) in [7, 11) is 0. The number of aryl methyl sites for hydroxylation is 2. The Morgan fingerprint density at radius 1 is 1.50 bits per heavy atom. The first kappa shape index (κ1) is 14.7. The van der Waals surface area contributed by atoms with Crippen LogP contribution < -0.4 is 5.73 Å². The molecule has 2 N–H and O–H groups in total. The number of ketones is 1. The monoisotopic (exact) mass is 296 g/mol. The van der Waals surface area contributed by atoms with Crippen LogP contribution in [0.1, 0.15) is 28.8 Å². The number of aromatic nitrogens is 5. The van der Waals surface area contributed by atoms with Crippen molar-refractivity contribution in [1.82, 2.24) is 24.8 Å². The van der Waals surface area contributed by atoms with Gasteiger partial charge in [-0.05, 0) is 13.8 Å². The maximum absolute atomic E-state index is 12.2. The Morgan fingerprint density at radius 2 is 2.25 bits per heavy atom. The second kappa shape index (κ2) is 6.15. The van der Waals surface area contributed by atoms with Gasteiger partial charge in [0.05, 0.1) is 35.6 Å². The van der Waals surface area contributed by atoms with Gasteiger partial charge in [0.25, 0.3) is 0 Å². The molecule has 20 heavy (non-hydrogen) atoms. The minimum absolute atomic E-state index is 0.134. The van der Waals surface area contributed by atoms with Crippen molar-refractivity contribution in [1.29, 1.82) is 0 Å². The minimum atomic E-state index is -0.134. The Morgan fingerprint density at radius 3 is 2.90 bits per heavy atom. The van der Waals surface area contributed by atoms with Crippen LogP contribution in [0.4, 0.5) is 0 Å². The molecular weight excluding hydrogens is 280 g/mol. The normalized spacial score (nSPS) is 11.0. The molecule has 0 saturated carbocycles. The topological polar surface area (TPSA) is 91.6 Å². The van der Waals surface area contributed by atoms with Gasteiger partial charge in [-0.15, -0.1) is 5.10 Å². The van der Waals surface area contributed by atoms with Gasteiger partial charge in [0.2, 0.25) is 0 Å². The van der Waals surface area contributed by atoms with E-state index in [1.807, 2.05) is 13.8 Å². The van der Waals surface area contributed by atoms with Crippen molar-refractivity contribution in [2.75, 3.05) is 6.54 Å². The number of nitrogens with two attached hydrogens (primary N) is 1. The highest BCUT2D eigenvalue weighted by Crippen LogP contribution is 2.21. The number of hydrogen-bond donors (Lipinski definition) is 1. The van der Waals surface area contributed by atoms with E-state index in [1.54, 1.807) is 15.6 Å². The molecule has 0 aliphatic rings. The van der Waals surface area contributed by atoms with Crippen LogP contribution >= 0.6 is 11.6 Å². The smallest absolute Gasteiger partial charge is 0.190 e. The van der Waals surface area contributed by atoms with Gasteiger partial charge >= 0.3 is 0 Å². The van der Waals surface area contributed by atoms with Crippen LogP contribution in [-0.4, -0.2) is 37.1 Å². The average Bonchev–Trinajstić information content (AvgIpc) is 2.99. The highest BCUT2D eigenvalue weighted by Gasteiger charge is 2.18. The number of nitrogens with zero attached hydrogens (tertiary/aromatic N) is 5. The van der Waals surface area contributed by atoms with Crippen molar-refractivity contribution in [2.45, 2.75) is 33.4 Å². The Bertz CT molecular complexity index is 617. The second-order valence-corrected chi connectivity index (χ2v) is 4.80. The maximum atomic E-state index is 12.2. The predicted octanol–water partition coefficient (Wildman–Crippen LogP) is 0.840. The van der Waals surface area contributed by atoms with Crippen molar-refractivity contribution in [3.63, 3.8) is 0 Å². The van der Waals surface area contributed by atoms with Gasteiger partial charge in [-0.2, -0.15) is 5.10 Å². The van der Waals surface area contributed by atoms with Crippen molar-refractivity contribution in [3.8, 4) is 0 Å². The summed E-state index contributed by atoms with van der Waals surface area (Å²) in [5.74, 6) is -0.134. The summed E-state index contributed by atoms with van der Waals surface area (Å²) in [6, 6.07) is 0. The van der Waals surface area contributed by atoms with Crippen LogP contribution in [0.2, 0.25) is 5.02 Å². The van der Waals surface area contributed by atoms with Gasteiger partial charge in [0.1, 0.15) is 5.69 Å². The van der Waals surface area contributed by atoms with Crippen molar-refractivity contribution < 1.29 is 4.79 Å². The van der Waals surface area contributed by atoms with E-state index in [-0.39, 0.29) is 12.2 Å². The molecule has 8 heteroatoms. The Labute approximate surface area is 121 Å². The van der Waals surface area contributed by atoms with E-state index in [0.29, 0.717) is 36.0 Å². The highest BCUT2D eigenvalue weighted by atomic mass is 35.5. The van der Waals surface area contributed by atoms with Gasteiger partial charge < -0.3 is 5.73 Å². The van der Waals surface area contributed by atoms with Gasteiger partial charge in [0.15, 0.2) is 5.78 Å². The van der Waals surface area contributed by atoms with Gasteiger partial charge in [-0.1, -0.05) is 16.8 Å². The number of halogens is 1. The molecule has 7 nitrogen and oxygen atoms in total. The highest BCUT2D eigenvalue weighted by molar-refractivity contribution is 6.32.